The Morgan fingerprint density at radius 3 is 2.71 bits per heavy atom. The summed E-state index contributed by atoms with van der Waals surface area (Å²) in [6.07, 6.45) is 1.04. The molecule has 0 unspecified atom stereocenters. The zero-order valence-corrected chi connectivity index (χ0v) is 11.9. The smallest absolute Gasteiger partial charge is 0.263 e. The Balaban J connectivity index is 2.37. The number of nitriles is 1. The van der Waals surface area contributed by atoms with E-state index in [1.54, 1.807) is 6.07 Å². The molecular weight excluding hydrogens is 319 g/mol. The number of nitrogens with one attached hydrogen (secondary N) is 1. The molecule has 0 atom stereocenters. The van der Waals surface area contributed by atoms with Gasteiger partial charge < -0.3 is 5.73 Å². The van der Waals surface area contributed by atoms with Crippen molar-refractivity contribution < 1.29 is 12.8 Å². The number of hydrogen-bond acceptors (Lipinski definition) is 5. The number of pyridine rings is 1. The average Bonchev–Trinajstić information content (AvgIpc) is 2.43. The molecule has 0 saturated heterocycles. The number of benzene rings is 1. The number of nitrogen functional groups attached to an aromatic ring is 1. The van der Waals surface area contributed by atoms with Crippen LogP contribution in [-0.4, -0.2) is 13.4 Å². The lowest BCUT2D eigenvalue weighted by molar-refractivity contribution is 0.600. The normalized spacial score (nSPS) is 10.9. The Morgan fingerprint density at radius 1 is 1.38 bits per heavy atom. The summed E-state index contributed by atoms with van der Waals surface area (Å²) >= 11 is 5.72. The van der Waals surface area contributed by atoms with Crippen molar-refractivity contribution in [2.45, 2.75) is 4.90 Å². The number of nitrogens with two attached hydrogens (primary N) is 1. The predicted octanol–water partition coefficient (Wildman–Crippen LogP) is 2.13. The molecule has 3 N–H and O–H groups in total. The third-order valence-corrected chi connectivity index (χ3v) is 4.14. The minimum atomic E-state index is -3.97. The van der Waals surface area contributed by atoms with Crippen LogP contribution < -0.4 is 10.5 Å². The summed E-state index contributed by atoms with van der Waals surface area (Å²) in [5.74, 6) is -0.734. The highest BCUT2D eigenvalue weighted by Gasteiger charge is 2.17. The van der Waals surface area contributed by atoms with Gasteiger partial charge in [-0.15, -0.1) is 0 Å². The average molecular weight is 327 g/mol. The maximum atomic E-state index is 13.2. The highest BCUT2D eigenvalue weighted by atomic mass is 35.5. The van der Waals surface area contributed by atoms with E-state index in [0.29, 0.717) is 0 Å². The van der Waals surface area contributed by atoms with Crippen molar-refractivity contribution in [3.05, 3.63) is 46.9 Å². The van der Waals surface area contributed by atoms with Crippen molar-refractivity contribution in [3.8, 4) is 6.07 Å². The second-order valence-corrected chi connectivity index (χ2v) is 6.04. The summed E-state index contributed by atoms with van der Waals surface area (Å²) in [6.45, 7) is 0. The molecule has 1 heterocycles. The van der Waals surface area contributed by atoms with Gasteiger partial charge in [-0.25, -0.2) is 17.8 Å². The van der Waals surface area contributed by atoms with E-state index in [0.717, 1.165) is 24.4 Å². The SMILES string of the molecule is N#Cc1cc(NS(=O)(=O)c2cnc(N)c(Cl)c2)ccc1F. The van der Waals surface area contributed by atoms with Crippen molar-refractivity contribution in [1.82, 2.24) is 4.98 Å². The Bertz CT molecular complexity index is 849. The Kier molecular flexibility index (Phi) is 3.97. The summed E-state index contributed by atoms with van der Waals surface area (Å²) in [5, 5.41) is 8.71. The third kappa shape index (κ3) is 3.21. The number of hydrogen-bond donors (Lipinski definition) is 2. The summed E-state index contributed by atoms with van der Waals surface area (Å²) < 4.78 is 39.6. The van der Waals surface area contributed by atoms with Gasteiger partial charge in [0.2, 0.25) is 0 Å². The quantitative estimate of drug-likeness (QED) is 0.898. The van der Waals surface area contributed by atoms with E-state index < -0.39 is 15.8 Å². The van der Waals surface area contributed by atoms with Crippen LogP contribution in [0.1, 0.15) is 5.56 Å². The zero-order valence-electron chi connectivity index (χ0n) is 10.3. The molecule has 0 amide bonds. The van der Waals surface area contributed by atoms with Gasteiger partial charge >= 0.3 is 0 Å². The molecule has 9 heteroatoms. The topological polar surface area (TPSA) is 109 Å². The Labute approximate surface area is 125 Å². The Hall–Kier alpha value is -2.37. The fourth-order valence-electron chi connectivity index (χ4n) is 1.47. The number of rotatable bonds is 3. The van der Waals surface area contributed by atoms with Gasteiger partial charge in [-0.2, -0.15) is 5.26 Å². The van der Waals surface area contributed by atoms with Gasteiger partial charge in [-0.1, -0.05) is 11.6 Å². The highest BCUT2D eigenvalue weighted by molar-refractivity contribution is 7.92. The lowest BCUT2D eigenvalue weighted by Gasteiger charge is -2.09. The largest absolute Gasteiger partial charge is 0.382 e. The lowest BCUT2D eigenvalue weighted by atomic mass is 10.2. The van der Waals surface area contributed by atoms with Crippen LogP contribution in [0.4, 0.5) is 15.9 Å². The molecule has 0 bridgehead atoms. The molecule has 0 aliphatic rings. The van der Waals surface area contributed by atoms with E-state index in [2.05, 4.69) is 9.71 Å². The second kappa shape index (κ2) is 5.55. The fraction of sp³-hybridized carbons (Fsp3) is 0. The fourth-order valence-corrected chi connectivity index (χ4v) is 2.72. The molecule has 1 aromatic heterocycles. The van der Waals surface area contributed by atoms with Crippen LogP contribution in [0.2, 0.25) is 5.02 Å². The summed E-state index contributed by atoms with van der Waals surface area (Å²) in [6, 6.07) is 6.03. The number of aromatic nitrogens is 1. The van der Waals surface area contributed by atoms with E-state index in [-0.39, 0.29) is 27.0 Å². The van der Waals surface area contributed by atoms with E-state index in [9.17, 15) is 12.8 Å². The highest BCUT2D eigenvalue weighted by Crippen LogP contribution is 2.22. The van der Waals surface area contributed by atoms with E-state index >= 15 is 0 Å². The summed E-state index contributed by atoms with van der Waals surface area (Å²) in [7, 11) is -3.97. The number of sulfonamides is 1. The molecule has 0 aliphatic heterocycles. The van der Waals surface area contributed by atoms with Gasteiger partial charge in [-0.3, -0.25) is 4.72 Å². The standard InChI is InChI=1S/C12H8ClFN4O2S/c13-10-4-9(6-17-12(10)16)21(19,20)18-8-1-2-11(14)7(3-8)5-15/h1-4,6,18H,(H2,16,17). The van der Waals surface area contributed by atoms with Crippen LogP contribution >= 0.6 is 11.6 Å². The first-order valence-corrected chi connectivity index (χ1v) is 7.33. The molecule has 6 nitrogen and oxygen atoms in total. The van der Waals surface area contributed by atoms with Crippen molar-refractivity contribution in [2.75, 3.05) is 10.5 Å². The van der Waals surface area contributed by atoms with Crippen molar-refractivity contribution in [3.63, 3.8) is 0 Å². The molecule has 1 aromatic carbocycles. The van der Waals surface area contributed by atoms with Gasteiger partial charge in [0.05, 0.1) is 16.3 Å². The van der Waals surface area contributed by atoms with Crippen LogP contribution in [-0.2, 0) is 10.0 Å². The molecular formula is C12H8ClFN4O2S. The molecule has 21 heavy (non-hydrogen) atoms. The van der Waals surface area contributed by atoms with Crippen LogP contribution in [0, 0.1) is 17.1 Å². The second-order valence-electron chi connectivity index (χ2n) is 3.95. The van der Waals surface area contributed by atoms with Crippen molar-refractivity contribution >= 4 is 33.1 Å². The summed E-state index contributed by atoms with van der Waals surface area (Å²) in [4.78, 5) is 3.44. The molecule has 2 aromatic rings. The minimum Gasteiger partial charge on any atom is -0.382 e. The number of nitrogens with zero attached hydrogens (tertiary/aromatic N) is 2. The molecule has 0 radical (unpaired) electrons. The first kappa shape index (κ1) is 15.0. The van der Waals surface area contributed by atoms with Crippen LogP contribution in [0.15, 0.2) is 35.4 Å². The minimum absolute atomic E-state index is 0.00386. The van der Waals surface area contributed by atoms with Gasteiger partial charge in [0.1, 0.15) is 22.6 Å². The molecule has 0 fully saturated rings. The van der Waals surface area contributed by atoms with Crippen LogP contribution in [0.25, 0.3) is 0 Å². The van der Waals surface area contributed by atoms with Crippen LogP contribution in [0.5, 0.6) is 0 Å². The Morgan fingerprint density at radius 2 is 2.10 bits per heavy atom. The van der Waals surface area contributed by atoms with Crippen molar-refractivity contribution in [1.29, 1.82) is 5.26 Å². The van der Waals surface area contributed by atoms with E-state index in [1.807, 2.05) is 0 Å². The van der Waals surface area contributed by atoms with E-state index in [4.69, 9.17) is 22.6 Å². The monoisotopic (exact) mass is 326 g/mol. The van der Waals surface area contributed by atoms with Gasteiger partial charge in [0.25, 0.3) is 10.0 Å². The first-order chi connectivity index (χ1) is 9.83. The van der Waals surface area contributed by atoms with Gasteiger partial charge in [-0.05, 0) is 24.3 Å². The van der Waals surface area contributed by atoms with Gasteiger partial charge in [0.15, 0.2) is 0 Å². The maximum absolute atomic E-state index is 13.2. The summed E-state index contributed by atoms with van der Waals surface area (Å²) in [5.41, 5.74) is 5.17. The molecule has 0 spiro atoms. The number of halogens is 2. The first-order valence-electron chi connectivity index (χ1n) is 5.47. The molecule has 2 rings (SSSR count). The molecule has 108 valence electrons. The van der Waals surface area contributed by atoms with Crippen molar-refractivity contribution in [2.24, 2.45) is 0 Å². The van der Waals surface area contributed by atoms with E-state index in [1.165, 1.54) is 6.07 Å². The zero-order chi connectivity index (χ0) is 15.6. The molecule has 0 aliphatic carbocycles. The van der Waals surface area contributed by atoms with Gasteiger partial charge in [0, 0.05) is 6.20 Å². The lowest BCUT2D eigenvalue weighted by Crippen LogP contribution is -2.14. The maximum Gasteiger partial charge on any atom is 0.263 e. The predicted molar refractivity (Wildman–Crippen MR) is 75.6 cm³/mol. The number of anilines is 2. The molecule has 0 saturated carbocycles. The third-order valence-electron chi connectivity index (χ3n) is 2.49. The van der Waals surface area contributed by atoms with Crippen LogP contribution in [0.3, 0.4) is 0 Å².